The number of aryl methyl sites for hydroxylation is 1. The maximum absolute atomic E-state index is 13.2. The number of benzene rings is 2. The molecule has 11 heteroatoms. The lowest BCUT2D eigenvalue weighted by atomic mass is 10.1. The highest BCUT2D eigenvalue weighted by Crippen LogP contribution is 2.32. The number of thioether (sulfide) groups is 1. The Bertz CT molecular complexity index is 1520. The van der Waals surface area contributed by atoms with E-state index in [0.29, 0.717) is 54.9 Å². The zero-order valence-electron chi connectivity index (χ0n) is 23.4. The number of hydrogen-bond donors (Lipinski definition) is 1. The molecule has 218 valence electrons. The number of nitrogens with zero attached hydrogens (tertiary/aromatic N) is 5. The van der Waals surface area contributed by atoms with Crippen molar-refractivity contribution in [2.75, 3.05) is 36.0 Å². The Hall–Kier alpha value is -4.12. The van der Waals surface area contributed by atoms with Gasteiger partial charge in [-0.2, -0.15) is 13.2 Å². The number of hydrogen-bond acceptors (Lipinski definition) is 7. The van der Waals surface area contributed by atoms with Crippen LogP contribution in [0.15, 0.2) is 78.2 Å². The van der Waals surface area contributed by atoms with Crippen molar-refractivity contribution >= 4 is 29.2 Å². The van der Waals surface area contributed by atoms with Gasteiger partial charge in [-0.3, -0.25) is 9.78 Å². The number of amides is 1. The van der Waals surface area contributed by atoms with Crippen LogP contribution in [0, 0.1) is 13.8 Å². The Balaban J connectivity index is 1.18. The number of aromatic nitrogens is 3. The summed E-state index contributed by atoms with van der Waals surface area (Å²) in [6, 6.07) is 16.7. The molecule has 0 bridgehead atoms. The number of halogens is 3. The molecule has 42 heavy (non-hydrogen) atoms. The second kappa shape index (κ2) is 12.8. The van der Waals surface area contributed by atoms with Crippen LogP contribution in [0.5, 0.6) is 0 Å². The largest absolute Gasteiger partial charge is 0.416 e. The standard InChI is InChI=1S/C31H31F3N6OS/c1-21-22(2)37-30(42-20-24-6-8-25(9-7-24)29(41)36-19-23-10-12-35-13-11-23)38-28(21)40-16-14-39(15-17-40)27-5-3-4-26(18-27)31(32,33)34/h3-13,18H,14-17,19-20H2,1-2H3,(H,36,41). The first-order valence-electron chi connectivity index (χ1n) is 13.6. The van der Waals surface area contributed by atoms with Crippen molar-refractivity contribution in [3.05, 3.63) is 107 Å². The van der Waals surface area contributed by atoms with Gasteiger partial charge in [0.25, 0.3) is 5.91 Å². The highest BCUT2D eigenvalue weighted by molar-refractivity contribution is 7.98. The minimum atomic E-state index is -4.36. The van der Waals surface area contributed by atoms with Crippen LogP contribution < -0.4 is 15.1 Å². The number of anilines is 2. The molecule has 1 fully saturated rings. The summed E-state index contributed by atoms with van der Waals surface area (Å²) in [5.41, 5.74) is 4.45. The molecule has 0 radical (unpaired) electrons. The van der Waals surface area contributed by atoms with Crippen LogP contribution in [0.3, 0.4) is 0 Å². The predicted molar refractivity (Wildman–Crippen MR) is 159 cm³/mol. The number of carbonyl (C=O) groups excluding carboxylic acids is 1. The Labute approximate surface area is 247 Å². The van der Waals surface area contributed by atoms with Crippen molar-refractivity contribution in [1.82, 2.24) is 20.3 Å². The molecule has 3 heterocycles. The second-order valence-electron chi connectivity index (χ2n) is 10.1. The van der Waals surface area contributed by atoms with E-state index in [-0.39, 0.29) is 5.91 Å². The monoisotopic (exact) mass is 592 g/mol. The summed E-state index contributed by atoms with van der Waals surface area (Å²) in [6.45, 7) is 6.86. The first kappa shape index (κ1) is 29.4. The van der Waals surface area contributed by atoms with Crippen molar-refractivity contribution in [2.24, 2.45) is 0 Å². The molecule has 0 atom stereocenters. The Morgan fingerprint density at radius 2 is 1.60 bits per heavy atom. The lowest BCUT2D eigenvalue weighted by molar-refractivity contribution is -0.137. The van der Waals surface area contributed by atoms with Crippen LogP contribution in [-0.4, -0.2) is 47.0 Å². The quantitative estimate of drug-likeness (QED) is 0.197. The molecule has 2 aromatic carbocycles. The van der Waals surface area contributed by atoms with Crippen molar-refractivity contribution < 1.29 is 18.0 Å². The molecule has 4 aromatic rings. The van der Waals surface area contributed by atoms with Crippen LogP contribution >= 0.6 is 11.8 Å². The first-order valence-corrected chi connectivity index (χ1v) is 14.6. The normalized spacial score (nSPS) is 13.7. The van der Waals surface area contributed by atoms with Gasteiger partial charge in [0.2, 0.25) is 0 Å². The number of piperazine rings is 1. The van der Waals surface area contributed by atoms with E-state index in [4.69, 9.17) is 4.98 Å². The van der Waals surface area contributed by atoms with Gasteiger partial charge in [0.15, 0.2) is 5.16 Å². The molecule has 7 nitrogen and oxygen atoms in total. The van der Waals surface area contributed by atoms with Gasteiger partial charge in [0.1, 0.15) is 5.82 Å². The molecule has 0 saturated carbocycles. The van der Waals surface area contributed by atoms with Crippen LogP contribution in [0.25, 0.3) is 0 Å². The Morgan fingerprint density at radius 3 is 2.29 bits per heavy atom. The third kappa shape index (κ3) is 7.20. The fourth-order valence-electron chi connectivity index (χ4n) is 4.70. The van der Waals surface area contributed by atoms with Crippen LogP contribution in [0.2, 0.25) is 0 Å². The SMILES string of the molecule is Cc1nc(SCc2ccc(C(=O)NCc3ccncc3)cc2)nc(N2CCN(c3cccc(C(F)(F)F)c3)CC2)c1C. The molecule has 0 unspecified atom stereocenters. The van der Waals surface area contributed by atoms with E-state index in [1.165, 1.54) is 23.9 Å². The summed E-state index contributed by atoms with van der Waals surface area (Å²) in [5.74, 6) is 1.36. The predicted octanol–water partition coefficient (Wildman–Crippen LogP) is 6.06. The Morgan fingerprint density at radius 1 is 0.905 bits per heavy atom. The minimum absolute atomic E-state index is 0.138. The van der Waals surface area contributed by atoms with Crippen molar-refractivity contribution in [1.29, 1.82) is 0 Å². The van der Waals surface area contributed by atoms with Crippen LogP contribution in [-0.2, 0) is 18.5 Å². The van der Waals surface area contributed by atoms with Gasteiger partial charge in [-0.05, 0) is 67.4 Å². The van der Waals surface area contributed by atoms with Gasteiger partial charge < -0.3 is 15.1 Å². The summed E-state index contributed by atoms with van der Waals surface area (Å²) in [6.07, 6.45) is -0.972. The molecule has 0 spiro atoms. The summed E-state index contributed by atoms with van der Waals surface area (Å²) in [5, 5.41) is 3.58. The van der Waals surface area contributed by atoms with Crippen LogP contribution in [0.1, 0.15) is 38.3 Å². The fraction of sp³-hybridized carbons (Fsp3) is 0.290. The molecule has 1 saturated heterocycles. The van der Waals surface area contributed by atoms with Gasteiger partial charge in [0.05, 0.1) is 5.56 Å². The van der Waals surface area contributed by atoms with Crippen LogP contribution in [0.4, 0.5) is 24.7 Å². The van der Waals surface area contributed by atoms with E-state index in [1.807, 2.05) is 55.1 Å². The third-order valence-electron chi connectivity index (χ3n) is 7.25. The number of pyridine rings is 1. The lowest BCUT2D eigenvalue weighted by Gasteiger charge is -2.37. The van der Waals surface area contributed by atoms with E-state index >= 15 is 0 Å². The van der Waals surface area contributed by atoms with Gasteiger partial charge in [0, 0.05) is 73.4 Å². The van der Waals surface area contributed by atoms with E-state index in [2.05, 4.69) is 20.2 Å². The average molecular weight is 593 g/mol. The maximum atomic E-state index is 13.2. The average Bonchev–Trinajstić information content (AvgIpc) is 3.01. The zero-order chi connectivity index (χ0) is 29.7. The molecule has 1 aliphatic rings. The number of nitrogens with one attached hydrogen (secondary N) is 1. The van der Waals surface area contributed by atoms with E-state index in [9.17, 15) is 18.0 Å². The third-order valence-corrected chi connectivity index (χ3v) is 8.17. The molecule has 2 aromatic heterocycles. The van der Waals surface area contributed by atoms with E-state index in [0.717, 1.165) is 34.3 Å². The minimum Gasteiger partial charge on any atom is -0.368 e. The highest BCUT2D eigenvalue weighted by Gasteiger charge is 2.31. The van der Waals surface area contributed by atoms with Crippen molar-refractivity contribution in [3.8, 4) is 0 Å². The zero-order valence-corrected chi connectivity index (χ0v) is 24.2. The van der Waals surface area contributed by atoms with Gasteiger partial charge in [-0.25, -0.2) is 9.97 Å². The van der Waals surface area contributed by atoms with Crippen molar-refractivity contribution in [2.45, 2.75) is 37.5 Å². The molecule has 5 rings (SSSR count). The Kier molecular flexibility index (Phi) is 8.96. The first-order chi connectivity index (χ1) is 20.2. The number of rotatable bonds is 8. The van der Waals surface area contributed by atoms with Gasteiger partial charge >= 0.3 is 6.18 Å². The molecular formula is C31H31F3N6OS. The number of alkyl halides is 3. The molecule has 1 amide bonds. The summed E-state index contributed by atoms with van der Waals surface area (Å²) < 4.78 is 39.5. The van der Waals surface area contributed by atoms with Crippen molar-refractivity contribution in [3.63, 3.8) is 0 Å². The molecule has 1 aliphatic heterocycles. The van der Waals surface area contributed by atoms with E-state index in [1.54, 1.807) is 18.5 Å². The summed E-state index contributed by atoms with van der Waals surface area (Å²) >= 11 is 1.53. The smallest absolute Gasteiger partial charge is 0.368 e. The fourth-order valence-corrected chi connectivity index (χ4v) is 5.54. The maximum Gasteiger partial charge on any atom is 0.416 e. The lowest BCUT2D eigenvalue weighted by Crippen LogP contribution is -2.47. The molecule has 0 aliphatic carbocycles. The van der Waals surface area contributed by atoms with Gasteiger partial charge in [-0.15, -0.1) is 0 Å². The van der Waals surface area contributed by atoms with Gasteiger partial charge in [-0.1, -0.05) is 30.0 Å². The second-order valence-corrected chi connectivity index (χ2v) is 11.0. The summed E-state index contributed by atoms with van der Waals surface area (Å²) in [4.78, 5) is 30.2. The highest BCUT2D eigenvalue weighted by atomic mass is 32.2. The molecule has 1 N–H and O–H groups in total. The molecular weight excluding hydrogens is 561 g/mol. The topological polar surface area (TPSA) is 74.2 Å². The summed E-state index contributed by atoms with van der Waals surface area (Å²) in [7, 11) is 0. The number of carbonyl (C=O) groups is 1. The van der Waals surface area contributed by atoms with E-state index < -0.39 is 11.7 Å².